The number of rotatable bonds is 7. The lowest BCUT2D eigenvalue weighted by Crippen LogP contribution is -2.26. The van der Waals surface area contributed by atoms with Crippen LogP contribution in [0.4, 0.5) is 0 Å². The molecular weight excluding hydrogens is 320 g/mol. The van der Waals surface area contributed by atoms with E-state index in [1.54, 1.807) is 12.7 Å². The second kappa shape index (κ2) is 9.09. The van der Waals surface area contributed by atoms with Crippen molar-refractivity contribution >= 4 is 10.9 Å². The van der Waals surface area contributed by atoms with E-state index in [-0.39, 0.29) is 0 Å². The van der Waals surface area contributed by atoms with Gasteiger partial charge < -0.3 is 14.6 Å². The molecule has 1 fully saturated rings. The summed E-state index contributed by atoms with van der Waals surface area (Å²) in [5, 5.41) is 4.92. The normalized spacial score (nSPS) is 17.0. The predicted molar refractivity (Wildman–Crippen MR) is 111 cm³/mol. The van der Waals surface area contributed by atoms with E-state index in [9.17, 15) is 0 Å². The number of aromatic nitrogens is 1. The molecule has 3 heteroatoms. The van der Waals surface area contributed by atoms with Crippen molar-refractivity contribution in [1.82, 2.24) is 9.88 Å². The Bertz CT molecular complexity index is 779. The van der Waals surface area contributed by atoms with Crippen molar-refractivity contribution in [2.45, 2.75) is 52.0 Å². The Hall–Kier alpha value is -2.00. The third-order valence-electron chi connectivity index (χ3n) is 5.50. The molecule has 0 saturated carbocycles. The van der Waals surface area contributed by atoms with Crippen molar-refractivity contribution < 1.29 is 4.74 Å². The summed E-state index contributed by atoms with van der Waals surface area (Å²) in [6.45, 7) is 7.52. The van der Waals surface area contributed by atoms with E-state index in [0.29, 0.717) is 5.92 Å². The third-order valence-corrected chi connectivity index (χ3v) is 5.50. The lowest BCUT2D eigenvalue weighted by atomic mass is 9.90. The molecule has 1 aliphatic heterocycles. The Morgan fingerprint density at radius 2 is 2.04 bits per heavy atom. The number of allylic oxidation sites excluding steroid dienone is 3. The van der Waals surface area contributed by atoms with Gasteiger partial charge in [0.05, 0.1) is 12.9 Å². The second-order valence-corrected chi connectivity index (χ2v) is 7.29. The Labute approximate surface area is 157 Å². The quantitative estimate of drug-likeness (QED) is 0.534. The SMILES string of the molecule is C/C=C(\C/C(C)=C\CCn1cc(C2CCNCC2)c2ccccc21)OC. The van der Waals surface area contributed by atoms with Crippen LogP contribution in [0.5, 0.6) is 0 Å². The first-order chi connectivity index (χ1) is 12.7. The first-order valence-electron chi connectivity index (χ1n) is 9.86. The topological polar surface area (TPSA) is 26.2 Å². The van der Waals surface area contributed by atoms with Crippen LogP contribution in [0.15, 0.2) is 53.9 Å². The van der Waals surface area contributed by atoms with Gasteiger partial charge in [-0.15, -0.1) is 0 Å². The van der Waals surface area contributed by atoms with Gasteiger partial charge in [-0.3, -0.25) is 0 Å². The zero-order valence-corrected chi connectivity index (χ0v) is 16.4. The number of para-hydroxylation sites is 1. The highest BCUT2D eigenvalue weighted by molar-refractivity contribution is 5.84. The first kappa shape index (κ1) is 18.8. The summed E-state index contributed by atoms with van der Waals surface area (Å²) >= 11 is 0. The van der Waals surface area contributed by atoms with Crippen LogP contribution in [0, 0.1) is 0 Å². The molecule has 1 saturated heterocycles. The number of hydrogen-bond donors (Lipinski definition) is 1. The minimum Gasteiger partial charge on any atom is -0.501 e. The molecule has 3 nitrogen and oxygen atoms in total. The molecule has 1 aromatic heterocycles. The molecule has 0 spiro atoms. The van der Waals surface area contributed by atoms with Crippen LogP contribution < -0.4 is 5.32 Å². The van der Waals surface area contributed by atoms with Crippen molar-refractivity contribution in [2.75, 3.05) is 20.2 Å². The van der Waals surface area contributed by atoms with E-state index < -0.39 is 0 Å². The molecular formula is C23H32N2O. The standard InChI is InChI=1S/C23H32N2O/c1-4-20(26-3)16-18(2)8-7-15-25-17-22(19-11-13-24-14-12-19)21-9-5-6-10-23(21)25/h4-6,8-10,17,19,24H,7,11-16H2,1-3H3/b18-8-,20-4+. The highest BCUT2D eigenvalue weighted by Gasteiger charge is 2.19. The van der Waals surface area contributed by atoms with Crippen LogP contribution in [0.2, 0.25) is 0 Å². The highest BCUT2D eigenvalue weighted by Crippen LogP contribution is 2.33. The van der Waals surface area contributed by atoms with Gasteiger partial charge in [0.2, 0.25) is 0 Å². The summed E-state index contributed by atoms with van der Waals surface area (Å²) in [7, 11) is 1.75. The summed E-state index contributed by atoms with van der Waals surface area (Å²) in [5.74, 6) is 1.73. The monoisotopic (exact) mass is 352 g/mol. The van der Waals surface area contributed by atoms with Crippen LogP contribution in [-0.2, 0) is 11.3 Å². The van der Waals surface area contributed by atoms with Gasteiger partial charge in [0.1, 0.15) is 0 Å². The molecule has 26 heavy (non-hydrogen) atoms. The number of aryl methyl sites for hydroxylation is 1. The van der Waals surface area contributed by atoms with Gasteiger partial charge in [0.15, 0.2) is 0 Å². The number of piperidine rings is 1. The maximum atomic E-state index is 5.37. The fourth-order valence-corrected chi connectivity index (χ4v) is 4.01. The lowest BCUT2D eigenvalue weighted by Gasteiger charge is -2.22. The fourth-order valence-electron chi connectivity index (χ4n) is 4.01. The maximum absolute atomic E-state index is 5.37. The Morgan fingerprint density at radius 1 is 1.27 bits per heavy atom. The molecule has 1 aliphatic rings. The number of ether oxygens (including phenoxy) is 1. The molecule has 0 aliphatic carbocycles. The average Bonchev–Trinajstić information content (AvgIpc) is 3.06. The third kappa shape index (κ3) is 4.39. The Kier molecular flexibility index (Phi) is 6.56. The van der Waals surface area contributed by atoms with E-state index in [1.807, 2.05) is 13.0 Å². The van der Waals surface area contributed by atoms with Gasteiger partial charge >= 0.3 is 0 Å². The molecule has 2 aromatic rings. The van der Waals surface area contributed by atoms with E-state index >= 15 is 0 Å². The van der Waals surface area contributed by atoms with Crippen molar-refractivity contribution in [3.05, 3.63) is 59.5 Å². The van der Waals surface area contributed by atoms with Crippen molar-refractivity contribution in [3.8, 4) is 0 Å². The van der Waals surface area contributed by atoms with Crippen LogP contribution in [-0.4, -0.2) is 24.8 Å². The Morgan fingerprint density at radius 3 is 2.77 bits per heavy atom. The zero-order valence-electron chi connectivity index (χ0n) is 16.4. The molecule has 0 atom stereocenters. The minimum absolute atomic E-state index is 0.693. The van der Waals surface area contributed by atoms with Crippen molar-refractivity contribution in [2.24, 2.45) is 0 Å². The van der Waals surface area contributed by atoms with Gasteiger partial charge in [0, 0.05) is 30.1 Å². The maximum Gasteiger partial charge on any atom is 0.0953 e. The summed E-state index contributed by atoms with van der Waals surface area (Å²) in [6.07, 6.45) is 11.3. The molecule has 0 radical (unpaired) electrons. The molecule has 1 N–H and O–H groups in total. The molecule has 0 unspecified atom stereocenters. The number of benzene rings is 1. The van der Waals surface area contributed by atoms with Crippen LogP contribution in [0.3, 0.4) is 0 Å². The van der Waals surface area contributed by atoms with E-state index in [2.05, 4.69) is 53.3 Å². The number of hydrogen-bond acceptors (Lipinski definition) is 2. The molecule has 3 rings (SSSR count). The fraction of sp³-hybridized carbons (Fsp3) is 0.478. The van der Waals surface area contributed by atoms with Crippen LogP contribution in [0.1, 0.15) is 51.0 Å². The number of nitrogens with zero attached hydrogens (tertiary/aromatic N) is 1. The largest absolute Gasteiger partial charge is 0.501 e. The van der Waals surface area contributed by atoms with Gasteiger partial charge in [0.25, 0.3) is 0 Å². The molecule has 1 aromatic carbocycles. The van der Waals surface area contributed by atoms with Gasteiger partial charge in [-0.05, 0) is 69.8 Å². The second-order valence-electron chi connectivity index (χ2n) is 7.29. The van der Waals surface area contributed by atoms with Crippen LogP contribution >= 0.6 is 0 Å². The van der Waals surface area contributed by atoms with E-state index in [0.717, 1.165) is 38.2 Å². The number of nitrogens with one attached hydrogen (secondary N) is 1. The zero-order chi connectivity index (χ0) is 18.4. The molecule has 140 valence electrons. The predicted octanol–water partition coefficient (Wildman–Crippen LogP) is 5.39. The Balaban J connectivity index is 1.74. The summed E-state index contributed by atoms with van der Waals surface area (Å²) in [5.41, 5.74) is 4.28. The van der Waals surface area contributed by atoms with Gasteiger partial charge in [-0.2, -0.15) is 0 Å². The number of methoxy groups -OCH3 is 1. The summed E-state index contributed by atoms with van der Waals surface area (Å²) in [4.78, 5) is 0. The average molecular weight is 353 g/mol. The van der Waals surface area contributed by atoms with Crippen LogP contribution in [0.25, 0.3) is 10.9 Å². The van der Waals surface area contributed by atoms with Gasteiger partial charge in [-0.25, -0.2) is 0 Å². The number of fused-ring (bicyclic) bond motifs is 1. The first-order valence-corrected chi connectivity index (χ1v) is 9.86. The van der Waals surface area contributed by atoms with Gasteiger partial charge in [-0.1, -0.05) is 29.8 Å². The lowest BCUT2D eigenvalue weighted by molar-refractivity contribution is 0.282. The highest BCUT2D eigenvalue weighted by atomic mass is 16.5. The molecule has 2 heterocycles. The van der Waals surface area contributed by atoms with E-state index in [1.165, 1.54) is 29.3 Å². The minimum atomic E-state index is 0.693. The van der Waals surface area contributed by atoms with Crippen molar-refractivity contribution in [1.29, 1.82) is 0 Å². The summed E-state index contributed by atoms with van der Waals surface area (Å²) < 4.78 is 7.82. The molecule has 0 bridgehead atoms. The smallest absolute Gasteiger partial charge is 0.0953 e. The van der Waals surface area contributed by atoms with Crippen molar-refractivity contribution in [3.63, 3.8) is 0 Å². The summed E-state index contributed by atoms with van der Waals surface area (Å²) in [6, 6.07) is 8.88. The molecule has 0 amide bonds. The van der Waals surface area contributed by atoms with E-state index in [4.69, 9.17) is 4.74 Å².